The number of nitrogens with two attached hydrogens (primary N) is 1. The number of nitrogen functional groups attached to an aromatic ring is 1. The molecule has 1 aromatic heterocycles. The molecule has 0 amide bonds. The van der Waals surface area contributed by atoms with Gasteiger partial charge in [0.2, 0.25) is 0 Å². The standard InChI is InChI=1S/C10H10N2/c1-7-3-2-4-9-8(7)5-6-12-10(9)11/h2-6H,1H3,(H2,11,12). The Kier molecular flexibility index (Phi) is 1.47. The topological polar surface area (TPSA) is 38.9 Å². The van der Waals surface area contributed by atoms with Gasteiger partial charge < -0.3 is 5.73 Å². The molecule has 12 heavy (non-hydrogen) atoms. The molecule has 60 valence electrons. The first-order chi connectivity index (χ1) is 5.79. The van der Waals surface area contributed by atoms with E-state index in [-0.39, 0.29) is 0 Å². The van der Waals surface area contributed by atoms with E-state index in [9.17, 15) is 0 Å². The summed E-state index contributed by atoms with van der Waals surface area (Å²) in [6.45, 7) is 2.07. The van der Waals surface area contributed by atoms with Gasteiger partial charge in [-0.25, -0.2) is 4.98 Å². The Morgan fingerprint density at radius 3 is 2.75 bits per heavy atom. The first kappa shape index (κ1) is 7.10. The van der Waals surface area contributed by atoms with Gasteiger partial charge in [-0.05, 0) is 23.9 Å². The van der Waals surface area contributed by atoms with Crippen LogP contribution in [0.1, 0.15) is 5.56 Å². The average Bonchev–Trinajstić information content (AvgIpc) is 2.07. The van der Waals surface area contributed by atoms with Crippen molar-refractivity contribution in [3.63, 3.8) is 0 Å². The largest absolute Gasteiger partial charge is 0.383 e. The van der Waals surface area contributed by atoms with E-state index in [0.29, 0.717) is 5.82 Å². The molecule has 0 saturated carbocycles. The minimum absolute atomic E-state index is 0.608. The van der Waals surface area contributed by atoms with Crippen LogP contribution in [0.25, 0.3) is 10.8 Å². The zero-order valence-corrected chi connectivity index (χ0v) is 6.91. The number of anilines is 1. The lowest BCUT2D eigenvalue weighted by atomic mass is 10.1. The van der Waals surface area contributed by atoms with Gasteiger partial charge in [0.1, 0.15) is 5.82 Å². The molecule has 0 aliphatic heterocycles. The maximum Gasteiger partial charge on any atom is 0.131 e. The van der Waals surface area contributed by atoms with Gasteiger partial charge in [-0.2, -0.15) is 0 Å². The highest BCUT2D eigenvalue weighted by Crippen LogP contribution is 2.20. The van der Waals surface area contributed by atoms with Crippen LogP contribution in [0.15, 0.2) is 30.5 Å². The molecule has 0 saturated heterocycles. The van der Waals surface area contributed by atoms with E-state index in [1.807, 2.05) is 18.2 Å². The van der Waals surface area contributed by atoms with Gasteiger partial charge in [0.15, 0.2) is 0 Å². The van der Waals surface area contributed by atoms with Gasteiger partial charge in [-0.15, -0.1) is 0 Å². The fourth-order valence-corrected chi connectivity index (χ4v) is 1.39. The molecule has 0 atom stereocenters. The van der Waals surface area contributed by atoms with E-state index in [4.69, 9.17) is 5.73 Å². The summed E-state index contributed by atoms with van der Waals surface area (Å²) < 4.78 is 0. The Morgan fingerprint density at radius 2 is 2.00 bits per heavy atom. The van der Waals surface area contributed by atoms with Crippen molar-refractivity contribution in [1.29, 1.82) is 0 Å². The summed E-state index contributed by atoms with van der Waals surface area (Å²) >= 11 is 0. The molecule has 2 heteroatoms. The molecule has 0 aliphatic rings. The second kappa shape index (κ2) is 2.48. The average molecular weight is 158 g/mol. The smallest absolute Gasteiger partial charge is 0.131 e. The summed E-state index contributed by atoms with van der Waals surface area (Å²) in [5.74, 6) is 0.608. The van der Waals surface area contributed by atoms with Crippen molar-refractivity contribution in [2.75, 3.05) is 5.73 Å². The van der Waals surface area contributed by atoms with Crippen molar-refractivity contribution in [2.45, 2.75) is 6.92 Å². The molecule has 2 aromatic rings. The van der Waals surface area contributed by atoms with E-state index in [2.05, 4.69) is 18.0 Å². The molecular formula is C10H10N2. The first-order valence-electron chi connectivity index (χ1n) is 3.89. The summed E-state index contributed by atoms with van der Waals surface area (Å²) in [7, 11) is 0. The van der Waals surface area contributed by atoms with Crippen molar-refractivity contribution in [1.82, 2.24) is 4.98 Å². The Balaban J connectivity index is 2.94. The van der Waals surface area contributed by atoms with Crippen LogP contribution >= 0.6 is 0 Å². The summed E-state index contributed by atoms with van der Waals surface area (Å²) in [5.41, 5.74) is 6.95. The molecule has 0 unspecified atom stereocenters. The third-order valence-electron chi connectivity index (χ3n) is 2.05. The zero-order valence-electron chi connectivity index (χ0n) is 6.91. The molecule has 2 nitrogen and oxygen atoms in total. The normalized spacial score (nSPS) is 10.4. The van der Waals surface area contributed by atoms with Crippen LogP contribution in [0.2, 0.25) is 0 Å². The Labute approximate surface area is 71.0 Å². The number of benzene rings is 1. The van der Waals surface area contributed by atoms with E-state index in [1.54, 1.807) is 6.20 Å². The maximum absolute atomic E-state index is 5.71. The van der Waals surface area contributed by atoms with Gasteiger partial charge in [-0.1, -0.05) is 18.2 Å². The highest BCUT2D eigenvalue weighted by atomic mass is 14.8. The van der Waals surface area contributed by atoms with E-state index < -0.39 is 0 Å². The van der Waals surface area contributed by atoms with Gasteiger partial charge in [-0.3, -0.25) is 0 Å². The molecule has 2 rings (SSSR count). The van der Waals surface area contributed by atoms with Crippen molar-refractivity contribution >= 4 is 16.6 Å². The van der Waals surface area contributed by atoms with E-state index in [0.717, 1.165) is 5.39 Å². The van der Waals surface area contributed by atoms with Crippen LogP contribution in [-0.2, 0) is 0 Å². The molecule has 0 fully saturated rings. The van der Waals surface area contributed by atoms with Crippen LogP contribution in [0.3, 0.4) is 0 Å². The van der Waals surface area contributed by atoms with Gasteiger partial charge in [0, 0.05) is 11.6 Å². The lowest BCUT2D eigenvalue weighted by molar-refractivity contribution is 1.36. The number of nitrogens with zero attached hydrogens (tertiary/aromatic N) is 1. The summed E-state index contributed by atoms with van der Waals surface area (Å²) in [4.78, 5) is 4.03. The van der Waals surface area contributed by atoms with Crippen molar-refractivity contribution < 1.29 is 0 Å². The Morgan fingerprint density at radius 1 is 1.17 bits per heavy atom. The molecule has 1 aromatic carbocycles. The van der Waals surface area contributed by atoms with Crippen molar-refractivity contribution in [3.8, 4) is 0 Å². The Bertz CT molecular complexity index is 380. The number of rotatable bonds is 0. The van der Waals surface area contributed by atoms with Crippen molar-refractivity contribution in [3.05, 3.63) is 36.0 Å². The fraction of sp³-hybridized carbons (Fsp3) is 0.100. The number of hydrogen-bond acceptors (Lipinski definition) is 2. The minimum atomic E-state index is 0.608. The fourth-order valence-electron chi connectivity index (χ4n) is 1.39. The number of pyridine rings is 1. The Hall–Kier alpha value is -1.57. The highest BCUT2D eigenvalue weighted by molar-refractivity contribution is 5.92. The molecule has 0 spiro atoms. The van der Waals surface area contributed by atoms with Crippen LogP contribution in [0, 0.1) is 6.92 Å². The molecular weight excluding hydrogens is 148 g/mol. The monoisotopic (exact) mass is 158 g/mol. The molecule has 0 aliphatic carbocycles. The molecule has 0 bridgehead atoms. The second-order valence-corrected chi connectivity index (χ2v) is 2.87. The summed E-state index contributed by atoms with van der Waals surface area (Å²) in [5, 5.41) is 2.22. The third-order valence-corrected chi connectivity index (χ3v) is 2.05. The number of aromatic nitrogens is 1. The highest BCUT2D eigenvalue weighted by Gasteiger charge is 1.98. The van der Waals surface area contributed by atoms with Crippen LogP contribution in [0.5, 0.6) is 0 Å². The second-order valence-electron chi connectivity index (χ2n) is 2.87. The van der Waals surface area contributed by atoms with Gasteiger partial charge in [0.05, 0.1) is 0 Å². The minimum Gasteiger partial charge on any atom is -0.383 e. The van der Waals surface area contributed by atoms with Crippen molar-refractivity contribution in [2.24, 2.45) is 0 Å². The van der Waals surface area contributed by atoms with E-state index >= 15 is 0 Å². The van der Waals surface area contributed by atoms with Crippen LogP contribution in [-0.4, -0.2) is 4.98 Å². The first-order valence-corrected chi connectivity index (χ1v) is 3.89. The SMILES string of the molecule is Cc1cccc2c(N)nccc12. The van der Waals surface area contributed by atoms with Crippen LogP contribution < -0.4 is 5.73 Å². The van der Waals surface area contributed by atoms with Crippen LogP contribution in [0.4, 0.5) is 5.82 Å². The molecule has 2 N–H and O–H groups in total. The lowest BCUT2D eigenvalue weighted by Gasteiger charge is -2.02. The molecule has 1 heterocycles. The predicted octanol–water partition coefficient (Wildman–Crippen LogP) is 2.13. The zero-order chi connectivity index (χ0) is 8.55. The number of hydrogen-bond donors (Lipinski definition) is 1. The maximum atomic E-state index is 5.71. The third kappa shape index (κ3) is 0.925. The predicted molar refractivity (Wildman–Crippen MR) is 50.9 cm³/mol. The van der Waals surface area contributed by atoms with Gasteiger partial charge in [0.25, 0.3) is 0 Å². The molecule has 0 radical (unpaired) electrons. The lowest BCUT2D eigenvalue weighted by Crippen LogP contribution is -1.91. The number of aryl methyl sites for hydroxylation is 1. The van der Waals surface area contributed by atoms with Gasteiger partial charge >= 0.3 is 0 Å². The number of fused-ring (bicyclic) bond motifs is 1. The summed E-state index contributed by atoms with van der Waals surface area (Å²) in [6.07, 6.45) is 1.74. The quantitative estimate of drug-likeness (QED) is 0.637. The van der Waals surface area contributed by atoms with E-state index in [1.165, 1.54) is 10.9 Å². The summed E-state index contributed by atoms with van der Waals surface area (Å²) in [6, 6.07) is 8.04.